The quantitative estimate of drug-likeness (QED) is 0.783. The molecule has 1 aromatic heterocycles. The van der Waals surface area contributed by atoms with Gasteiger partial charge in [-0.05, 0) is 37.5 Å². The predicted octanol–water partition coefficient (Wildman–Crippen LogP) is 3.53. The van der Waals surface area contributed by atoms with Crippen molar-refractivity contribution in [2.75, 3.05) is 13.1 Å². The fraction of sp³-hybridized carbons (Fsp3) is 0.500. The van der Waals surface area contributed by atoms with Crippen LogP contribution in [0.2, 0.25) is 5.02 Å². The maximum absolute atomic E-state index is 12.9. The van der Waals surface area contributed by atoms with E-state index in [0.717, 1.165) is 5.56 Å². The Bertz CT molecular complexity index is 829. The van der Waals surface area contributed by atoms with E-state index in [1.165, 1.54) is 0 Å². The lowest BCUT2D eigenvalue weighted by atomic mass is 9.93. The number of halogens is 1. The molecule has 1 aliphatic rings. The van der Waals surface area contributed by atoms with Gasteiger partial charge in [-0.3, -0.25) is 14.3 Å². The molecule has 6 nitrogen and oxygen atoms in total. The van der Waals surface area contributed by atoms with E-state index < -0.39 is 0 Å². The number of carbonyl (C=O) groups excluding carboxylic acids is 2. The van der Waals surface area contributed by atoms with Gasteiger partial charge in [0.05, 0.1) is 12.1 Å². The van der Waals surface area contributed by atoms with Crippen molar-refractivity contribution < 1.29 is 9.59 Å². The molecule has 29 heavy (non-hydrogen) atoms. The fourth-order valence-electron chi connectivity index (χ4n) is 3.95. The van der Waals surface area contributed by atoms with Gasteiger partial charge in [-0.15, -0.1) is 0 Å². The summed E-state index contributed by atoms with van der Waals surface area (Å²) in [6.07, 6.45) is 4.98. The zero-order valence-electron chi connectivity index (χ0n) is 17.2. The van der Waals surface area contributed by atoms with Gasteiger partial charge < -0.3 is 10.2 Å². The highest BCUT2D eigenvalue weighted by Crippen LogP contribution is 2.29. The summed E-state index contributed by atoms with van der Waals surface area (Å²) in [6.45, 7) is 7.07. The summed E-state index contributed by atoms with van der Waals surface area (Å²) in [5.41, 5.74) is 0.919. The van der Waals surface area contributed by atoms with Crippen LogP contribution in [-0.2, 0) is 9.59 Å². The summed E-state index contributed by atoms with van der Waals surface area (Å²) in [4.78, 5) is 27.0. The second kappa shape index (κ2) is 9.44. The second-order valence-corrected chi connectivity index (χ2v) is 8.41. The fourth-order valence-corrected chi connectivity index (χ4v) is 4.20. The number of nitrogens with one attached hydrogen (secondary N) is 1. The number of likely N-dealkylation sites (tertiary alicyclic amines) is 1. The smallest absolute Gasteiger partial charge is 0.225 e. The lowest BCUT2D eigenvalue weighted by Crippen LogP contribution is -2.47. The average Bonchev–Trinajstić information content (AvgIpc) is 3.23. The van der Waals surface area contributed by atoms with Gasteiger partial charge in [-0.25, -0.2) is 0 Å². The molecule has 0 unspecified atom stereocenters. The highest BCUT2D eigenvalue weighted by atomic mass is 35.5. The van der Waals surface area contributed by atoms with Crippen LogP contribution in [0.3, 0.4) is 0 Å². The summed E-state index contributed by atoms with van der Waals surface area (Å²) >= 11 is 6.45. The first kappa shape index (κ1) is 21.4. The molecule has 2 atom stereocenters. The first-order valence-corrected chi connectivity index (χ1v) is 10.6. The van der Waals surface area contributed by atoms with E-state index in [1.54, 1.807) is 6.20 Å². The van der Waals surface area contributed by atoms with Gasteiger partial charge in [0, 0.05) is 42.3 Å². The summed E-state index contributed by atoms with van der Waals surface area (Å²) in [5.74, 6) is 0.0945. The topological polar surface area (TPSA) is 67.2 Å². The van der Waals surface area contributed by atoms with E-state index in [9.17, 15) is 9.59 Å². The van der Waals surface area contributed by atoms with Crippen LogP contribution < -0.4 is 5.32 Å². The molecule has 2 heterocycles. The van der Waals surface area contributed by atoms with Crippen molar-refractivity contribution in [1.29, 1.82) is 0 Å². The molecule has 3 rings (SSSR count). The molecule has 0 spiro atoms. The van der Waals surface area contributed by atoms with Crippen LogP contribution in [0.15, 0.2) is 42.7 Å². The Hall–Kier alpha value is -2.34. The Labute approximate surface area is 177 Å². The number of amides is 2. The van der Waals surface area contributed by atoms with E-state index >= 15 is 0 Å². The number of hydrogen-bond acceptors (Lipinski definition) is 3. The summed E-state index contributed by atoms with van der Waals surface area (Å²) in [7, 11) is 0. The molecular formula is C22H29ClN4O2. The molecule has 156 valence electrons. The standard InChI is InChI=1S/C22H29ClN4O2/c1-15(2)22(29)26-13-9-17(10-14-26)21(28)25-16(3)20(27-12-6-11-24-27)18-7-4-5-8-19(18)23/h4-8,11-12,15-17,20H,9-10,13-14H2,1-3H3,(H,25,28)/t16-,20-/m0/s1. The SMILES string of the molecule is CC(C)C(=O)N1CCC(C(=O)N[C@@H](C)[C@@H](c2ccccc2Cl)n2cccn2)CC1. The minimum Gasteiger partial charge on any atom is -0.351 e. The number of piperidine rings is 1. The number of hydrogen-bond donors (Lipinski definition) is 1. The van der Waals surface area contributed by atoms with Gasteiger partial charge >= 0.3 is 0 Å². The van der Waals surface area contributed by atoms with Crippen molar-refractivity contribution in [2.45, 2.75) is 45.7 Å². The monoisotopic (exact) mass is 416 g/mol. The van der Waals surface area contributed by atoms with Gasteiger partial charge in [-0.1, -0.05) is 43.6 Å². The van der Waals surface area contributed by atoms with E-state index in [0.29, 0.717) is 31.0 Å². The van der Waals surface area contributed by atoms with E-state index in [4.69, 9.17) is 11.6 Å². The lowest BCUT2D eigenvalue weighted by molar-refractivity contribution is -0.138. The third-order valence-corrected chi connectivity index (χ3v) is 5.89. The highest BCUT2D eigenvalue weighted by molar-refractivity contribution is 6.31. The highest BCUT2D eigenvalue weighted by Gasteiger charge is 2.31. The lowest BCUT2D eigenvalue weighted by Gasteiger charge is -2.34. The number of aromatic nitrogens is 2. The number of benzene rings is 1. The zero-order chi connectivity index (χ0) is 21.0. The van der Waals surface area contributed by atoms with Gasteiger partial charge in [0.2, 0.25) is 11.8 Å². The molecule has 1 aliphatic heterocycles. The van der Waals surface area contributed by atoms with Crippen molar-refractivity contribution in [3.05, 3.63) is 53.3 Å². The van der Waals surface area contributed by atoms with Crippen molar-refractivity contribution in [3.8, 4) is 0 Å². The number of rotatable bonds is 6. The van der Waals surface area contributed by atoms with Crippen LogP contribution in [0.1, 0.15) is 45.2 Å². The Morgan fingerprint density at radius 3 is 2.41 bits per heavy atom. The Morgan fingerprint density at radius 2 is 1.83 bits per heavy atom. The molecule has 2 aromatic rings. The van der Waals surface area contributed by atoms with E-state index in [1.807, 2.05) is 66.9 Å². The predicted molar refractivity (Wildman–Crippen MR) is 114 cm³/mol. The van der Waals surface area contributed by atoms with Crippen LogP contribution in [0.4, 0.5) is 0 Å². The van der Waals surface area contributed by atoms with Gasteiger partial charge in [0.25, 0.3) is 0 Å². The normalized spacial score (nSPS) is 17.2. The maximum Gasteiger partial charge on any atom is 0.225 e. The van der Waals surface area contributed by atoms with E-state index in [-0.39, 0.29) is 35.7 Å². The summed E-state index contributed by atoms with van der Waals surface area (Å²) < 4.78 is 1.83. The number of nitrogens with zero attached hydrogens (tertiary/aromatic N) is 3. The molecule has 2 amide bonds. The third kappa shape index (κ3) is 4.99. The third-order valence-electron chi connectivity index (χ3n) is 5.55. The van der Waals surface area contributed by atoms with Crippen LogP contribution in [0.25, 0.3) is 0 Å². The second-order valence-electron chi connectivity index (χ2n) is 8.00. The maximum atomic E-state index is 12.9. The molecule has 0 aliphatic carbocycles. The minimum absolute atomic E-state index is 0.00847. The molecular weight excluding hydrogens is 388 g/mol. The molecule has 1 N–H and O–H groups in total. The van der Waals surface area contributed by atoms with Crippen LogP contribution in [0, 0.1) is 11.8 Å². The minimum atomic E-state index is -0.203. The van der Waals surface area contributed by atoms with Gasteiger partial charge in [0.15, 0.2) is 0 Å². The van der Waals surface area contributed by atoms with Crippen molar-refractivity contribution in [2.24, 2.45) is 11.8 Å². The summed E-state index contributed by atoms with van der Waals surface area (Å²) in [5, 5.41) is 8.20. The summed E-state index contributed by atoms with van der Waals surface area (Å²) in [6, 6.07) is 9.11. The van der Waals surface area contributed by atoms with E-state index in [2.05, 4.69) is 10.4 Å². The zero-order valence-corrected chi connectivity index (χ0v) is 18.0. The van der Waals surface area contributed by atoms with Crippen LogP contribution in [0.5, 0.6) is 0 Å². The van der Waals surface area contributed by atoms with Crippen molar-refractivity contribution >= 4 is 23.4 Å². The van der Waals surface area contributed by atoms with Crippen LogP contribution >= 0.6 is 11.6 Å². The first-order chi connectivity index (χ1) is 13.9. The molecule has 7 heteroatoms. The van der Waals surface area contributed by atoms with Gasteiger partial charge in [-0.2, -0.15) is 5.10 Å². The Kier molecular flexibility index (Phi) is 6.96. The number of carbonyl (C=O) groups is 2. The Balaban J connectivity index is 1.67. The van der Waals surface area contributed by atoms with Gasteiger partial charge in [0.1, 0.15) is 0 Å². The largest absolute Gasteiger partial charge is 0.351 e. The molecule has 1 fully saturated rings. The Morgan fingerprint density at radius 1 is 1.14 bits per heavy atom. The van der Waals surface area contributed by atoms with Crippen molar-refractivity contribution in [3.63, 3.8) is 0 Å². The van der Waals surface area contributed by atoms with Crippen LogP contribution in [-0.4, -0.2) is 45.6 Å². The van der Waals surface area contributed by atoms with Crippen molar-refractivity contribution in [1.82, 2.24) is 20.0 Å². The first-order valence-electron chi connectivity index (χ1n) is 10.2. The molecule has 1 saturated heterocycles. The molecule has 0 saturated carbocycles. The average molecular weight is 417 g/mol. The molecule has 1 aromatic carbocycles. The molecule has 0 bridgehead atoms. The molecule has 0 radical (unpaired) electrons.